The summed E-state index contributed by atoms with van der Waals surface area (Å²) in [5.41, 5.74) is 0. The second kappa shape index (κ2) is 8.08. The third-order valence-corrected chi connectivity index (χ3v) is 3.38. The van der Waals surface area contributed by atoms with E-state index in [1.807, 2.05) is 0 Å². The monoisotopic (exact) mass is 256 g/mol. The zero-order valence-electron chi connectivity index (χ0n) is 11.2. The highest BCUT2D eigenvalue weighted by atomic mass is 16.4. The van der Waals surface area contributed by atoms with Crippen molar-refractivity contribution in [3.63, 3.8) is 0 Å². The fourth-order valence-corrected chi connectivity index (χ4v) is 2.06. The Labute approximate surface area is 109 Å². The molecule has 1 aliphatic rings. The fraction of sp³-hybridized carbons (Fsp3) is 0.846. The molecule has 5 nitrogen and oxygen atoms in total. The SMILES string of the molecule is CC(CNC(=O)CCN1CCCCCC1)C(=O)O. The number of aliphatic carboxylic acids is 1. The van der Waals surface area contributed by atoms with Crippen molar-refractivity contribution < 1.29 is 14.7 Å². The summed E-state index contributed by atoms with van der Waals surface area (Å²) in [5, 5.41) is 11.4. The van der Waals surface area contributed by atoms with E-state index >= 15 is 0 Å². The molecule has 1 heterocycles. The van der Waals surface area contributed by atoms with Gasteiger partial charge >= 0.3 is 5.97 Å². The lowest BCUT2D eigenvalue weighted by Gasteiger charge is -2.19. The van der Waals surface area contributed by atoms with Crippen molar-refractivity contribution >= 4 is 11.9 Å². The van der Waals surface area contributed by atoms with Crippen LogP contribution in [-0.2, 0) is 9.59 Å². The molecule has 0 spiro atoms. The molecule has 1 fully saturated rings. The van der Waals surface area contributed by atoms with E-state index in [2.05, 4.69) is 10.2 Å². The largest absolute Gasteiger partial charge is 0.481 e. The van der Waals surface area contributed by atoms with Crippen LogP contribution in [0.2, 0.25) is 0 Å². The van der Waals surface area contributed by atoms with Gasteiger partial charge in [-0.1, -0.05) is 19.8 Å². The van der Waals surface area contributed by atoms with Gasteiger partial charge in [-0.05, 0) is 25.9 Å². The lowest BCUT2D eigenvalue weighted by atomic mass is 10.2. The normalized spacial score (nSPS) is 18.9. The van der Waals surface area contributed by atoms with Crippen molar-refractivity contribution in [3.05, 3.63) is 0 Å². The zero-order valence-corrected chi connectivity index (χ0v) is 11.2. The van der Waals surface area contributed by atoms with E-state index < -0.39 is 11.9 Å². The van der Waals surface area contributed by atoms with E-state index in [9.17, 15) is 9.59 Å². The molecule has 18 heavy (non-hydrogen) atoms. The third-order valence-electron chi connectivity index (χ3n) is 3.38. The Kier molecular flexibility index (Phi) is 6.72. The molecule has 1 atom stereocenters. The van der Waals surface area contributed by atoms with Crippen LogP contribution in [-0.4, -0.2) is 48.1 Å². The summed E-state index contributed by atoms with van der Waals surface area (Å²) in [6.07, 6.45) is 5.49. The first-order valence-corrected chi connectivity index (χ1v) is 6.81. The van der Waals surface area contributed by atoms with Crippen LogP contribution in [0.25, 0.3) is 0 Å². The van der Waals surface area contributed by atoms with Crippen molar-refractivity contribution in [2.75, 3.05) is 26.2 Å². The number of nitrogens with one attached hydrogen (secondary N) is 1. The molecule has 1 rings (SSSR count). The molecule has 0 aliphatic carbocycles. The number of carbonyl (C=O) groups excluding carboxylic acids is 1. The molecule has 1 amide bonds. The zero-order chi connectivity index (χ0) is 13.4. The van der Waals surface area contributed by atoms with Gasteiger partial charge in [0, 0.05) is 19.5 Å². The average molecular weight is 256 g/mol. The van der Waals surface area contributed by atoms with Gasteiger partial charge in [-0.15, -0.1) is 0 Å². The van der Waals surface area contributed by atoms with Crippen molar-refractivity contribution in [3.8, 4) is 0 Å². The van der Waals surface area contributed by atoms with Gasteiger partial charge in [-0.25, -0.2) is 0 Å². The second-order valence-corrected chi connectivity index (χ2v) is 5.05. The highest BCUT2D eigenvalue weighted by Gasteiger charge is 2.13. The van der Waals surface area contributed by atoms with Crippen molar-refractivity contribution in [1.29, 1.82) is 0 Å². The topological polar surface area (TPSA) is 69.6 Å². The Morgan fingerprint density at radius 1 is 1.22 bits per heavy atom. The van der Waals surface area contributed by atoms with Gasteiger partial charge in [0.2, 0.25) is 5.91 Å². The molecule has 0 saturated carbocycles. The fourth-order valence-electron chi connectivity index (χ4n) is 2.06. The Bertz CT molecular complexity index is 273. The predicted molar refractivity (Wildman–Crippen MR) is 69.3 cm³/mol. The van der Waals surface area contributed by atoms with E-state index in [4.69, 9.17) is 5.11 Å². The molecule has 0 aromatic heterocycles. The van der Waals surface area contributed by atoms with E-state index in [-0.39, 0.29) is 12.5 Å². The summed E-state index contributed by atoms with van der Waals surface area (Å²) >= 11 is 0. The first kappa shape index (κ1) is 15.0. The first-order chi connectivity index (χ1) is 8.59. The molecule has 0 aromatic rings. The van der Waals surface area contributed by atoms with E-state index in [1.165, 1.54) is 25.7 Å². The van der Waals surface area contributed by atoms with Crippen LogP contribution in [0, 0.1) is 5.92 Å². The number of hydrogen-bond acceptors (Lipinski definition) is 3. The molecule has 1 aliphatic heterocycles. The molecular formula is C13H24N2O3. The van der Waals surface area contributed by atoms with Gasteiger partial charge in [0.15, 0.2) is 0 Å². The van der Waals surface area contributed by atoms with Gasteiger partial charge in [0.25, 0.3) is 0 Å². The molecular weight excluding hydrogens is 232 g/mol. The van der Waals surface area contributed by atoms with Gasteiger partial charge in [-0.3, -0.25) is 9.59 Å². The number of carboxylic acids is 1. The smallest absolute Gasteiger partial charge is 0.308 e. The molecule has 1 unspecified atom stereocenters. The van der Waals surface area contributed by atoms with Crippen LogP contribution in [0.1, 0.15) is 39.0 Å². The molecule has 0 radical (unpaired) electrons. The number of likely N-dealkylation sites (tertiary alicyclic amines) is 1. The first-order valence-electron chi connectivity index (χ1n) is 6.81. The summed E-state index contributed by atoms with van der Waals surface area (Å²) in [7, 11) is 0. The van der Waals surface area contributed by atoms with Gasteiger partial charge in [0.05, 0.1) is 5.92 Å². The van der Waals surface area contributed by atoms with Gasteiger partial charge < -0.3 is 15.3 Å². The van der Waals surface area contributed by atoms with Crippen LogP contribution in [0.15, 0.2) is 0 Å². The third kappa shape index (κ3) is 6.00. The Hall–Kier alpha value is -1.10. The number of carboxylic acid groups (broad SMARTS) is 1. The Balaban J connectivity index is 2.14. The number of carbonyl (C=O) groups is 2. The predicted octanol–water partition coefficient (Wildman–Crippen LogP) is 1.09. The van der Waals surface area contributed by atoms with Gasteiger partial charge in [0.1, 0.15) is 0 Å². The van der Waals surface area contributed by atoms with Gasteiger partial charge in [-0.2, -0.15) is 0 Å². The molecule has 1 saturated heterocycles. The number of amides is 1. The van der Waals surface area contributed by atoms with Crippen molar-refractivity contribution in [2.45, 2.75) is 39.0 Å². The molecule has 0 aromatic carbocycles. The summed E-state index contributed by atoms with van der Waals surface area (Å²) < 4.78 is 0. The lowest BCUT2D eigenvalue weighted by molar-refractivity contribution is -0.141. The standard InChI is InChI=1S/C13H24N2O3/c1-11(13(17)18)10-14-12(16)6-9-15-7-4-2-3-5-8-15/h11H,2-10H2,1H3,(H,14,16)(H,17,18). The minimum absolute atomic E-state index is 0.0488. The highest BCUT2D eigenvalue weighted by molar-refractivity contribution is 5.77. The maximum absolute atomic E-state index is 11.6. The molecule has 2 N–H and O–H groups in total. The summed E-state index contributed by atoms with van der Waals surface area (Å²) in [6, 6.07) is 0. The van der Waals surface area contributed by atoms with Crippen LogP contribution in [0.4, 0.5) is 0 Å². The van der Waals surface area contributed by atoms with Crippen LogP contribution in [0.5, 0.6) is 0 Å². The highest BCUT2D eigenvalue weighted by Crippen LogP contribution is 2.09. The minimum atomic E-state index is -0.872. The van der Waals surface area contributed by atoms with Crippen molar-refractivity contribution in [2.24, 2.45) is 5.92 Å². The Morgan fingerprint density at radius 3 is 2.39 bits per heavy atom. The lowest BCUT2D eigenvalue weighted by Crippen LogP contribution is -2.34. The summed E-state index contributed by atoms with van der Waals surface area (Å²) in [4.78, 5) is 24.5. The number of rotatable bonds is 6. The minimum Gasteiger partial charge on any atom is -0.481 e. The van der Waals surface area contributed by atoms with E-state index in [1.54, 1.807) is 6.92 Å². The van der Waals surface area contributed by atoms with E-state index in [0.717, 1.165) is 19.6 Å². The maximum atomic E-state index is 11.6. The van der Waals surface area contributed by atoms with Crippen LogP contribution in [0.3, 0.4) is 0 Å². The summed E-state index contributed by atoms with van der Waals surface area (Å²) in [5.74, 6) is -1.44. The maximum Gasteiger partial charge on any atom is 0.308 e. The molecule has 104 valence electrons. The average Bonchev–Trinajstić information content (AvgIpc) is 2.61. The van der Waals surface area contributed by atoms with Crippen LogP contribution >= 0.6 is 0 Å². The van der Waals surface area contributed by atoms with E-state index in [0.29, 0.717) is 6.42 Å². The second-order valence-electron chi connectivity index (χ2n) is 5.05. The van der Waals surface area contributed by atoms with Crippen LogP contribution < -0.4 is 5.32 Å². The Morgan fingerprint density at radius 2 is 1.83 bits per heavy atom. The van der Waals surface area contributed by atoms with Crippen molar-refractivity contribution in [1.82, 2.24) is 10.2 Å². The molecule has 0 bridgehead atoms. The number of hydrogen-bond donors (Lipinski definition) is 2. The molecule has 5 heteroatoms. The summed E-state index contributed by atoms with van der Waals surface area (Å²) in [6.45, 7) is 4.76. The quantitative estimate of drug-likeness (QED) is 0.746. The number of nitrogens with zero attached hydrogens (tertiary/aromatic N) is 1.